The summed E-state index contributed by atoms with van der Waals surface area (Å²) in [5.41, 5.74) is -0.525. The number of rotatable bonds is 6. The molecule has 0 fully saturated rings. The number of alkyl halides is 7. The van der Waals surface area contributed by atoms with Crippen molar-refractivity contribution in [2.75, 3.05) is 0 Å². The Kier molecular flexibility index (Phi) is 5.18. The topological polar surface area (TPSA) is 26.3 Å². The standard InChI is InChI=1S/C9H9F7O2/c1-4(2)6(17)18-9(15,16)5(10)3-8(13,14)7(11)12/h5,7H,1,3H2,2H3. The summed E-state index contributed by atoms with van der Waals surface area (Å²) in [5, 5.41) is 0. The first kappa shape index (κ1) is 16.7. The van der Waals surface area contributed by atoms with Crippen LogP contribution in [-0.2, 0) is 9.53 Å². The molecule has 0 saturated heterocycles. The van der Waals surface area contributed by atoms with Gasteiger partial charge in [0.15, 0.2) is 0 Å². The van der Waals surface area contributed by atoms with Gasteiger partial charge in [-0.05, 0) is 6.92 Å². The van der Waals surface area contributed by atoms with Crippen LogP contribution in [0.4, 0.5) is 30.7 Å². The Labute approximate surface area is 97.4 Å². The summed E-state index contributed by atoms with van der Waals surface area (Å²) in [6.45, 7) is 3.86. The third-order valence-electron chi connectivity index (χ3n) is 1.71. The van der Waals surface area contributed by atoms with Gasteiger partial charge in [-0.2, -0.15) is 8.78 Å². The molecular formula is C9H9F7O2. The minimum absolute atomic E-state index is 0.525. The molecule has 1 atom stereocenters. The summed E-state index contributed by atoms with van der Waals surface area (Å²) in [6.07, 6.45) is -15.5. The number of hydrogen-bond acceptors (Lipinski definition) is 2. The van der Waals surface area contributed by atoms with Gasteiger partial charge in [-0.25, -0.2) is 26.7 Å². The maximum absolute atomic E-state index is 12.8. The summed E-state index contributed by atoms with van der Waals surface area (Å²) in [5.74, 6) is -6.67. The highest BCUT2D eigenvalue weighted by Gasteiger charge is 2.53. The Balaban J connectivity index is 4.71. The third-order valence-corrected chi connectivity index (χ3v) is 1.71. The van der Waals surface area contributed by atoms with E-state index in [9.17, 15) is 35.5 Å². The van der Waals surface area contributed by atoms with Gasteiger partial charge in [0.1, 0.15) is 0 Å². The Bertz CT molecular complexity index is 327. The maximum Gasteiger partial charge on any atom is 0.432 e. The molecule has 0 heterocycles. The van der Waals surface area contributed by atoms with Gasteiger partial charge in [-0.15, -0.1) is 0 Å². The van der Waals surface area contributed by atoms with Crippen molar-refractivity contribution in [1.82, 2.24) is 0 Å². The van der Waals surface area contributed by atoms with Gasteiger partial charge in [-0.1, -0.05) is 6.58 Å². The number of ether oxygens (including phenoxy) is 1. The van der Waals surface area contributed by atoms with Crippen molar-refractivity contribution in [2.24, 2.45) is 0 Å². The quantitative estimate of drug-likeness (QED) is 0.424. The summed E-state index contributed by atoms with van der Waals surface area (Å²) in [6, 6.07) is 0. The molecule has 0 aliphatic carbocycles. The zero-order chi connectivity index (χ0) is 14.7. The van der Waals surface area contributed by atoms with Gasteiger partial charge in [0, 0.05) is 5.57 Å². The second kappa shape index (κ2) is 5.57. The van der Waals surface area contributed by atoms with E-state index in [4.69, 9.17) is 0 Å². The van der Waals surface area contributed by atoms with E-state index in [1.807, 2.05) is 0 Å². The summed E-state index contributed by atoms with van der Waals surface area (Å²) in [4.78, 5) is 10.7. The maximum atomic E-state index is 12.8. The molecule has 0 N–H and O–H groups in total. The van der Waals surface area contributed by atoms with Crippen molar-refractivity contribution in [3.63, 3.8) is 0 Å². The number of halogens is 7. The smallest absolute Gasteiger partial charge is 0.395 e. The van der Waals surface area contributed by atoms with E-state index in [0.717, 1.165) is 6.92 Å². The number of esters is 1. The van der Waals surface area contributed by atoms with Crippen LogP contribution in [0.2, 0.25) is 0 Å². The molecule has 0 aliphatic rings. The summed E-state index contributed by atoms with van der Waals surface area (Å²) < 4.78 is 89.6. The largest absolute Gasteiger partial charge is 0.432 e. The van der Waals surface area contributed by atoms with Crippen LogP contribution in [0.1, 0.15) is 13.3 Å². The molecule has 0 spiro atoms. The molecule has 1 unspecified atom stereocenters. The number of carbonyl (C=O) groups excluding carboxylic acids is 1. The fourth-order valence-electron chi connectivity index (χ4n) is 0.721. The molecule has 0 aromatic heterocycles. The Morgan fingerprint density at radius 1 is 1.22 bits per heavy atom. The van der Waals surface area contributed by atoms with Crippen LogP contribution in [0.5, 0.6) is 0 Å². The van der Waals surface area contributed by atoms with Crippen LogP contribution < -0.4 is 0 Å². The summed E-state index contributed by atoms with van der Waals surface area (Å²) in [7, 11) is 0. The van der Waals surface area contributed by atoms with Crippen molar-refractivity contribution in [2.45, 2.75) is 38.0 Å². The normalized spacial score (nSPS) is 14.5. The molecule has 9 heteroatoms. The van der Waals surface area contributed by atoms with Gasteiger partial charge in [0.25, 0.3) is 0 Å². The molecule has 106 valence electrons. The molecule has 0 rings (SSSR count). The number of carbonyl (C=O) groups is 1. The van der Waals surface area contributed by atoms with Crippen molar-refractivity contribution in [3.8, 4) is 0 Å². The average Bonchev–Trinajstić information content (AvgIpc) is 2.15. The lowest BCUT2D eigenvalue weighted by atomic mass is 10.1. The lowest BCUT2D eigenvalue weighted by molar-refractivity contribution is -0.271. The highest BCUT2D eigenvalue weighted by Crippen LogP contribution is 2.35. The second-order valence-electron chi connectivity index (χ2n) is 3.47. The Hall–Kier alpha value is -1.28. The van der Waals surface area contributed by atoms with Gasteiger partial charge in [0.05, 0.1) is 6.42 Å². The minimum atomic E-state index is -4.95. The predicted octanol–water partition coefficient (Wildman–Crippen LogP) is 3.33. The average molecular weight is 282 g/mol. The van der Waals surface area contributed by atoms with Gasteiger partial charge >= 0.3 is 24.4 Å². The van der Waals surface area contributed by atoms with Crippen molar-refractivity contribution in [3.05, 3.63) is 12.2 Å². The van der Waals surface area contributed by atoms with Crippen LogP contribution in [0.3, 0.4) is 0 Å². The molecule has 18 heavy (non-hydrogen) atoms. The predicted molar refractivity (Wildman–Crippen MR) is 46.3 cm³/mol. The first-order valence-electron chi connectivity index (χ1n) is 4.47. The molecule has 0 amide bonds. The lowest BCUT2D eigenvalue weighted by Crippen LogP contribution is -2.41. The SMILES string of the molecule is C=C(C)C(=O)OC(F)(F)C(F)CC(F)(F)C(F)F. The first-order valence-corrected chi connectivity index (χ1v) is 4.47. The Morgan fingerprint density at radius 2 is 1.67 bits per heavy atom. The zero-order valence-electron chi connectivity index (χ0n) is 9.03. The van der Waals surface area contributed by atoms with Crippen LogP contribution in [0.15, 0.2) is 12.2 Å². The molecule has 0 bridgehead atoms. The van der Waals surface area contributed by atoms with E-state index in [2.05, 4.69) is 11.3 Å². The van der Waals surface area contributed by atoms with E-state index in [1.54, 1.807) is 0 Å². The van der Waals surface area contributed by atoms with E-state index in [-0.39, 0.29) is 0 Å². The summed E-state index contributed by atoms with van der Waals surface area (Å²) >= 11 is 0. The van der Waals surface area contributed by atoms with Crippen LogP contribution in [-0.4, -0.2) is 30.6 Å². The van der Waals surface area contributed by atoms with E-state index in [0.29, 0.717) is 0 Å². The van der Waals surface area contributed by atoms with Gasteiger partial charge < -0.3 is 4.74 Å². The fraction of sp³-hybridized carbons (Fsp3) is 0.667. The minimum Gasteiger partial charge on any atom is -0.395 e. The zero-order valence-corrected chi connectivity index (χ0v) is 9.03. The fourth-order valence-corrected chi connectivity index (χ4v) is 0.721. The highest BCUT2D eigenvalue weighted by atomic mass is 19.3. The monoisotopic (exact) mass is 282 g/mol. The first-order chi connectivity index (χ1) is 7.90. The molecule has 0 aromatic carbocycles. The molecular weight excluding hydrogens is 273 g/mol. The van der Waals surface area contributed by atoms with E-state index in [1.165, 1.54) is 0 Å². The Morgan fingerprint density at radius 3 is 2.00 bits per heavy atom. The van der Waals surface area contributed by atoms with Crippen molar-refractivity contribution in [1.29, 1.82) is 0 Å². The lowest BCUT2D eigenvalue weighted by Gasteiger charge is -2.23. The van der Waals surface area contributed by atoms with Crippen LogP contribution >= 0.6 is 0 Å². The molecule has 0 aromatic rings. The van der Waals surface area contributed by atoms with Gasteiger partial charge in [-0.3, -0.25) is 0 Å². The van der Waals surface area contributed by atoms with E-state index >= 15 is 0 Å². The van der Waals surface area contributed by atoms with Crippen molar-refractivity contribution >= 4 is 5.97 Å². The molecule has 2 nitrogen and oxygen atoms in total. The molecule has 0 saturated carbocycles. The molecule has 0 radical (unpaired) electrons. The second-order valence-corrected chi connectivity index (χ2v) is 3.47. The highest BCUT2D eigenvalue weighted by molar-refractivity contribution is 5.87. The van der Waals surface area contributed by atoms with E-state index < -0.39 is 42.6 Å². The van der Waals surface area contributed by atoms with Crippen LogP contribution in [0.25, 0.3) is 0 Å². The third kappa shape index (κ3) is 4.53. The van der Waals surface area contributed by atoms with Gasteiger partial charge in [0.2, 0.25) is 6.17 Å². The number of hydrogen-bond donors (Lipinski definition) is 0. The van der Waals surface area contributed by atoms with Crippen LogP contribution in [0, 0.1) is 0 Å². The molecule has 0 aliphatic heterocycles. The van der Waals surface area contributed by atoms with Crippen molar-refractivity contribution < 1.29 is 40.3 Å².